The fourth-order valence-corrected chi connectivity index (χ4v) is 2.96. The highest BCUT2D eigenvalue weighted by atomic mass is 35.5. The Balaban J connectivity index is 2.38. The van der Waals surface area contributed by atoms with Crippen molar-refractivity contribution in [1.82, 2.24) is 0 Å². The predicted molar refractivity (Wildman–Crippen MR) is 76.5 cm³/mol. The van der Waals surface area contributed by atoms with E-state index in [9.17, 15) is 18.3 Å². The molecule has 110 valence electrons. The number of halogens is 1. The average molecular weight is 327 g/mol. The lowest BCUT2D eigenvalue weighted by atomic mass is 10.1. The van der Waals surface area contributed by atoms with E-state index in [1.165, 1.54) is 36.4 Å². The molecule has 5 nitrogen and oxygen atoms in total. The maximum atomic E-state index is 12.1. The SMILES string of the molecule is O=C(O)[C@H](OS(=O)(=O)c1ccccc1)c1ccccc1Cl. The minimum atomic E-state index is -4.21. The first-order valence-corrected chi connectivity index (χ1v) is 7.66. The number of carboxylic acid groups (broad SMARTS) is 1. The summed E-state index contributed by atoms with van der Waals surface area (Å²) >= 11 is 5.90. The Bertz CT molecular complexity index is 743. The van der Waals surface area contributed by atoms with E-state index in [0.29, 0.717) is 0 Å². The lowest BCUT2D eigenvalue weighted by molar-refractivity contribution is -0.145. The van der Waals surface area contributed by atoms with Crippen molar-refractivity contribution in [3.05, 3.63) is 65.2 Å². The molecule has 1 atom stereocenters. The summed E-state index contributed by atoms with van der Waals surface area (Å²) < 4.78 is 29.0. The molecule has 0 radical (unpaired) electrons. The second kappa shape index (κ2) is 6.26. The molecular formula is C14H11ClO5S. The Labute approximate surface area is 126 Å². The summed E-state index contributed by atoms with van der Waals surface area (Å²) in [5.41, 5.74) is 0.0752. The highest BCUT2D eigenvalue weighted by Gasteiger charge is 2.30. The number of hydrogen-bond acceptors (Lipinski definition) is 4. The van der Waals surface area contributed by atoms with Gasteiger partial charge in [-0.25, -0.2) is 8.98 Å². The summed E-state index contributed by atoms with van der Waals surface area (Å²) in [5, 5.41) is 9.33. The Hall–Kier alpha value is -1.89. The highest BCUT2D eigenvalue weighted by Crippen LogP contribution is 2.29. The van der Waals surface area contributed by atoms with Gasteiger partial charge >= 0.3 is 5.97 Å². The average Bonchev–Trinajstić information content (AvgIpc) is 2.46. The van der Waals surface area contributed by atoms with Crippen LogP contribution < -0.4 is 0 Å². The van der Waals surface area contributed by atoms with Crippen LogP contribution in [0.25, 0.3) is 0 Å². The van der Waals surface area contributed by atoms with Crippen molar-refractivity contribution in [2.45, 2.75) is 11.0 Å². The van der Waals surface area contributed by atoms with E-state index >= 15 is 0 Å². The second-order valence-electron chi connectivity index (χ2n) is 4.10. The predicted octanol–water partition coefficient (Wildman–Crippen LogP) is 2.87. The standard InChI is InChI=1S/C14H11ClO5S/c15-12-9-5-4-8-11(12)13(14(16)17)20-21(18,19)10-6-2-1-3-7-10/h1-9,13H,(H,16,17)/t13-/m1/s1. The molecule has 7 heteroatoms. The molecule has 0 fully saturated rings. The molecule has 0 unspecified atom stereocenters. The fraction of sp³-hybridized carbons (Fsp3) is 0.0714. The van der Waals surface area contributed by atoms with Crippen molar-refractivity contribution >= 4 is 27.7 Å². The Kier molecular flexibility index (Phi) is 4.62. The molecular weight excluding hydrogens is 316 g/mol. The van der Waals surface area contributed by atoms with Crippen molar-refractivity contribution in [2.24, 2.45) is 0 Å². The Morgan fingerprint density at radius 3 is 2.19 bits per heavy atom. The van der Waals surface area contributed by atoms with E-state index in [4.69, 9.17) is 15.8 Å². The van der Waals surface area contributed by atoms with Gasteiger partial charge in [0.2, 0.25) is 6.10 Å². The number of rotatable bonds is 5. The van der Waals surface area contributed by atoms with Crippen LogP contribution in [-0.2, 0) is 19.1 Å². The summed E-state index contributed by atoms with van der Waals surface area (Å²) in [6.07, 6.45) is -1.70. The van der Waals surface area contributed by atoms with Crippen molar-refractivity contribution in [3.8, 4) is 0 Å². The van der Waals surface area contributed by atoms with Crippen LogP contribution in [0, 0.1) is 0 Å². The normalized spacial score (nSPS) is 12.8. The lowest BCUT2D eigenvalue weighted by Gasteiger charge is -2.15. The molecule has 2 aromatic carbocycles. The first kappa shape index (κ1) is 15.5. The minimum Gasteiger partial charge on any atom is -0.479 e. The van der Waals surface area contributed by atoms with Gasteiger partial charge < -0.3 is 5.11 Å². The number of carbonyl (C=O) groups is 1. The molecule has 1 N–H and O–H groups in total. The van der Waals surface area contributed by atoms with Crippen molar-refractivity contribution in [3.63, 3.8) is 0 Å². The number of benzene rings is 2. The number of aliphatic carboxylic acids is 1. The highest BCUT2D eigenvalue weighted by molar-refractivity contribution is 7.86. The minimum absolute atomic E-state index is 0.0752. The van der Waals surface area contributed by atoms with E-state index in [1.54, 1.807) is 18.2 Å². The van der Waals surface area contributed by atoms with Crippen LogP contribution in [0.1, 0.15) is 11.7 Å². The smallest absolute Gasteiger partial charge is 0.339 e. The van der Waals surface area contributed by atoms with Crippen LogP contribution in [0.15, 0.2) is 59.5 Å². The maximum Gasteiger partial charge on any atom is 0.339 e. The summed E-state index contributed by atoms with van der Waals surface area (Å²) in [4.78, 5) is 11.2. The molecule has 0 aromatic heterocycles. The first-order chi connectivity index (χ1) is 9.92. The van der Waals surface area contributed by atoms with Crippen molar-refractivity contribution in [2.75, 3.05) is 0 Å². The van der Waals surface area contributed by atoms with Gasteiger partial charge in [0.05, 0.1) is 4.90 Å². The molecule has 0 aliphatic rings. The molecule has 21 heavy (non-hydrogen) atoms. The third-order valence-corrected chi connectivity index (χ3v) is 4.31. The topological polar surface area (TPSA) is 80.7 Å². The van der Waals surface area contributed by atoms with Crippen LogP contribution in [0.2, 0.25) is 5.02 Å². The molecule has 0 bridgehead atoms. The third-order valence-electron chi connectivity index (χ3n) is 2.67. The van der Waals surface area contributed by atoms with E-state index in [0.717, 1.165) is 0 Å². The zero-order valence-corrected chi connectivity index (χ0v) is 12.2. The quantitative estimate of drug-likeness (QED) is 0.854. The van der Waals surface area contributed by atoms with Crippen LogP contribution in [0.5, 0.6) is 0 Å². The van der Waals surface area contributed by atoms with Crippen LogP contribution in [0.4, 0.5) is 0 Å². The summed E-state index contributed by atoms with van der Waals surface area (Å²) in [5.74, 6) is -1.44. The summed E-state index contributed by atoms with van der Waals surface area (Å²) in [7, 11) is -4.21. The molecule has 0 spiro atoms. The van der Waals surface area contributed by atoms with E-state index in [-0.39, 0.29) is 15.5 Å². The number of hydrogen-bond donors (Lipinski definition) is 1. The third kappa shape index (κ3) is 3.60. The Morgan fingerprint density at radius 2 is 1.62 bits per heavy atom. The van der Waals surface area contributed by atoms with Gasteiger partial charge in [-0.1, -0.05) is 48.0 Å². The molecule has 0 amide bonds. The molecule has 0 heterocycles. The summed E-state index contributed by atoms with van der Waals surface area (Å²) in [6.45, 7) is 0. The largest absolute Gasteiger partial charge is 0.479 e. The Morgan fingerprint density at radius 1 is 1.05 bits per heavy atom. The zero-order chi connectivity index (χ0) is 15.5. The first-order valence-electron chi connectivity index (χ1n) is 5.87. The second-order valence-corrected chi connectivity index (χ2v) is 6.08. The van der Waals surface area contributed by atoms with Gasteiger partial charge in [0, 0.05) is 10.6 Å². The van der Waals surface area contributed by atoms with Gasteiger partial charge in [-0.15, -0.1) is 0 Å². The molecule has 0 aliphatic carbocycles. The number of carboxylic acids is 1. The van der Waals surface area contributed by atoms with Gasteiger partial charge in [0.1, 0.15) is 0 Å². The van der Waals surface area contributed by atoms with Gasteiger partial charge in [-0.05, 0) is 18.2 Å². The van der Waals surface area contributed by atoms with Crippen LogP contribution in [-0.4, -0.2) is 19.5 Å². The molecule has 2 aromatic rings. The molecule has 0 saturated carbocycles. The lowest BCUT2D eigenvalue weighted by Crippen LogP contribution is -2.20. The van der Waals surface area contributed by atoms with Gasteiger partial charge in [0.15, 0.2) is 0 Å². The molecule has 0 saturated heterocycles. The molecule has 0 aliphatic heterocycles. The summed E-state index contributed by atoms with van der Waals surface area (Å²) in [6, 6.07) is 13.3. The van der Waals surface area contributed by atoms with Crippen molar-refractivity contribution < 1.29 is 22.5 Å². The van der Waals surface area contributed by atoms with Gasteiger partial charge in [-0.2, -0.15) is 8.42 Å². The van der Waals surface area contributed by atoms with E-state index in [1.807, 2.05) is 0 Å². The van der Waals surface area contributed by atoms with Gasteiger partial charge in [-0.3, -0.25) is 0 Å². The van der Waals surface area contributed by atoms with Crippen LogP contribution >= 0.6 is 11.6 Å². The van der Waals surface area contributed by atoms with Crippen molar-refractivity contribution in [1.29, 1.82) is 0 Å². The zero-order valence-electron chi connectivity index (χ0n) is 10.6. The monoisotopic (exact) mass is 326 g/mol. The van der Waals surface area contributed by atoms with E-state index < -0.39 is 22.2 Å². The van der Waals surface area contributed by atoms with Crippen LogP contribution in [0.3, 0.4) is 0 Å². The maximum absolute atomic E-state index is 12.1. The van der Waals surface area contributed by atoms with Gasteiger partial charge in [0.25, 0.3) is 10.1 Å². The fourth-order valence-electron chi connectivity index (χ4n) is 1.68. The van der Waals surface area contributed by atoms with E-state index in [2.05, 4.69) is 0 Å². The molecule has 2 rings (SSSR count).